The molecule has 0 amide bonds. The summed E-state index contributed by atoms with van der Waals surface area (Å²) < 4.78 is 1.92. The van der Waals surface area contributed by atoms with Crippen LogP contribution in [0.4, 0.5) is 5.69 Å². The van der Waals surface area contributed by atoms with Gasteiger partial charge in [-0.2, -0.15) is 5.10 Å². The molecule has 0 bridgehead atoms. The van der Waals surface area contributed by atoms with Gasteiger partial charge in [0.15, 0.2) is 0 Å². The summed E-state index contributed by atoms with van der Waals surface area (Å²) in [6, 6.07) is 9.28. The molecular formula is C14H17N3. The fraction of sp³-hybridized carbons (Fsp3) is 0.357. The van der Waals surface area contributed by atoms with Gasteiger partial charge in [-0.15, -0.1) is 0 Å². The fourth-order valence-corrected chi connectivity index (χ4v) is 2.47. The van der Waals surface area contributed by atoms with E-state index < -0.39 is 0 Å². The smallest absolute Gasteiger partial charge is 0.0679 e. The second-order valence-electron chi connectivity index (χ2n) is 4.80. The van der Waals surface area contributed by atoms with Gasteiger partial charge in [0, 0.05) is 30.5 Å². The molecule has 1 atom stereocenters. The van der Waals surface area contributed by atoms with Gasteiger partial charge in [0.25, 0.3) is 0 Å². The zero-order chi connectivity index (χ0) is 11.8. The van der Waals surface area contributed by atoms with Gasteiger partial charge in [0.05, 0.1) is 5.69 Å². The molecule has 3 rings (SSSR count). The van der Waals surface area contributed by atoms with Crippen molar-refractivity contribution in [2.24, 2.45) is 7.05 Å². The van der Waals surface area contributed by atoms with Crippen molar-refractivity contribution in [3.05, 3.63) is 36.0 Å². The maximum Gasteiger partial charge on any atom is 0.0679 e. The zero-order valence-electron chi connectivity index (χ0n) is 10.3. The summed E-state index contributed by atoms with van der Waals surface area (Å²) in [6.07, 6.45) is 4.21. The molecule has 2 aromatic rings. The molecule has 3 nitrogen and oxygen atoms in total. The first-order chi connectivity index (χ1) is 8.24. The molecule has 88 valence electrons. The highest BCUT2D eigenvalue weighted by atomic mass is 15.3. The number of hydrogen-bond donors (Lipinski definition) is 1. The number of aromatic nitrogens is 2. The third kappa shape index (κ3) is 1.82. The van der Waals surface area contributed by atoms with E-state index in [1.165, 1.54) is 28.9 Å². The Balaban J connectivity index is 2.02. The predicted molar refractivity (Wildman–Crippen MR) is 70.0 cm³/mol. The third-order valence-corrected chi connectivity index (χ3v) is 3.47. The Morgan fingerprint density at radius 3 is 3.00 bits per heavy atom. The SMILES string of the molecule is CC1CCc2cc(-c3ccnn3C)ccc2N1. The Kier molecular flexibility index (Phi) is 2.39. The van der Waals surface area contributed by atoms with Gasteiger partial charge in [0.1, 0.15) is 0 Å². The molecule has 0 spiro atoms. The van der Waals surface area contributed by atoms with Crippen molar-refractivity contribution in [1.29, 1.82) is 0 Å². The molecule has 1 aromatic carbocycles. The second-order valence-corrected chi connectivity index (χ2v) is 4.80. The van der Waals surface area contributed by atoms with E-state index in [0.717, 1.165) is 6.42 Å². The molecular weight excluding hydrogens is 210 g/mol. The Morgan fingerprint density at radius 2 is 2.24 bits per heavy atom. The Labute approximate surface area is 101 Å². The van der Waals surface area contributed by atoms with Crippen molar-refractivity contribution in [2.45, 2.75) is 25.8 Å². The van der Waals surface area contributed by atoms with Crippen molar-refractivity contribution in [3.63, 3.8) is 0 Å². The molecule has 17 heavy (non-hydrogen) atoms. The van der Waals surface area contributed by atoms with E-state index in [9.17, 15) is 0 Å². The minimum Gasteiger partial charge on any atom is -0.382 e. The Morgan fingerprint density at radius 1 is 1.35 bits per heavy atom. The summed E-state index contributed by atoms with van der Waals surface area (Å²) >= 11 is 0. The number of hydrogen-bond acceptors (Lipinski definition) is 2. The average molecular weight is 227 g/mol. The summed E-state index contributed by atoms with van der Waals surface area (Å²) in [6.45, 7) is 2.23. The van der Waals surface area contributed by atoms with E-state index in [-0.39, 0.29) is 0 Å². The van der Waals surface area contributed by atoms with Crippen molar-refractivity contribution >= 4 is 5.69 Å². The maximum atomic E-state index is 4.22. The van der Waals surface area contributed by atoms with Crippen LogP contribution < -0.4 is 5.32 Å². The van der Waals surface area contributed by atoms with Gasteiger partial charge < -0.3 is 5.32 Å². The molecule has 3 heteroatoms. The van der Waals surface area contributed by atoms with Crippen LogP contribution in [0.2, 0.25) is 0 Å². The van der Waals surface area contributed by atoms with Gasteiger partial charge >= 0.3 is 0 Å². The van der Waals surface area contributed by atoms with Crippen molar-refractivity contribution in [1.82, 2.24) is 9.78 Å². The Bertz CT molecular complexity index is 542. The summed E-state index contributed by atoms with van der Waals surface area (Å²) in [5, 5.41) is 7.74. The first-order valence-electron chi connectivity index (χ1n) is 6.12. The van der Waals surface area contributed by atoms with E-state index in [1.807, 2.05) is 17.9 Å². The largest absolute Gasteiger partial charge is 0.382 e. The highest BCUT2D eigenvalue weighted by Gasteiger charge is 2.14. The molecule has 0 aliphatic carbocycles. The topological polar surface area (TPSA) is 29.9 Å². The molecule has 1 aliphatic rings. The predicted octanol–water partition coefficient (Wildman–Crippen LogP) is 2.83. The first-order valence-corrected chi connectivity index (χ1v) is 6.12. The molecule has 0 saturated heterocycles. The van der Waals surface area contributed by atoms with Crippen LogP contribution in [0.3, 0.4) is 0 Å². The molecule has 1 unspecified atom stereocenters. The van der Waals surface area contributed by atoms with E-state index in [0.29, 0.717) is 6.04 Å². The summed E-state index contributed by atoms with van der Waals surface area (Å²) in [5.41, 5.74) is 5.13. The summed E-state index contributed by atoms with van der Waals surface area (Å²) in [4.78, 5) is 0. The molecule has 1 aliphatic heterocycles. The monoisotopic (exact) mass is 227 g/mol. The quantitative estimate of drug-likeness (QED) is 0.812. The van der Waals surface area contributed by atoms with E-state index in [1.54, 1.807) is 0 Å². The number of anilines is 1. The average Bonchev–Trinajstić information content (AvgIpc) is 2.75. The summed E-state index contributed by atoms with van der Waals surface area (Å²) in [7, 11) is 1.98. The molecule has 1 aromatic heterocycles. The fourth-order valence-electron chi connectivity index (χ4n) is 2.47. The van der Waals surface area contributed by atoms with Crippen molar-refractivity contribution < 1.29 is 0 Å². The number of nitrogens with zero attached hydrogens (tertiary/aromatic N) is 2. The van der Waals surface area contributed by atoms with Crippen molar-refractivity contribution in [3.8, 4) is 11.3 Å². The lowest BCUT2D eigenvalue weighted by atomic mass is 9.96. The van der Waals surface area contributed by atoms with Gasteiger partial charge in [-0.1, -0.05) is 6.07 Å². The Hall–Kier alpha value is -1.77. The summed E-state index contributed by atoms with van der Waals surface area (Å²) in [5.74, 6) is 0. The van der Waals surface area contributed by atoms with Gasteiger partial charge in [-0.3, -0.25) is 4.68 Å². The maximum absolute atomic E-state index is 4.22. The third-order valence-electron chi connectivity index (χ3n) is 3.47. The number of aryl methyl sites for hydroxylation is 2. The van der Waals surface area contributed by atoms with E-state index in [2.05, 4.69) is 41.6 Å². The molecule has 2 heterocycles. The van der Waals surface area contributed by atoms with Crippen LogP contribution in [0.25, 0.3) is 11.3 Å². The number of nitrogens with one attached hydrogen (secondary N) is 1. The highest BCUT2D eigenvalue weighted by molar-refractivity contribution is 5.67. The molecule has 0 radical (unpaired) electrons. The zero-order valence-corrected chi connectivity index (χ0v) is 10.3. The van der Waals surface area contributed by atoms with Gasteiger partial charge in [0.2, 0.25) is 0 Å². The lowest BCUT2D eigenvalue weighted by Gasteiger charge is -2.24. The number of benzene rings is 1. The van der Waals surface area contributed by atoms with E-state index >= 15 is 0 Å². The molecule has 1 N–H and O–H groups in total. The van der Waals surface area contributed by atoms with Crippen LogP contribution in [0.15, 0.2) is 30.5 Å². The van der Waals surface area contributed by atoms with Gasteiger partial charge in [-0.25, -0.2) is 0 Å². The van der Waals surface area contributed by atoms with Crippen LogP contribution in [0, 0.1) is 0 Å². The van der Waals surface area contributed by atoms with Gasteiger partial charge in [-0.05, 0) is 43.5 Å². The molecule has 0 saturated carbocycles. The van der Waals surface area contributed by atoms with Crippen LogP contribution in [0.1, 0.15) is 18.9 Å². The van der Waals surface area contributed by atoms with E-state index in [4.69, 9.17) is 0 Å². The second kappa shape index (κ2) is 3.91. The van der Waals surface area contributed by atoms with Crippen LogP contribution >= 0.6 is 0 Å². The minimum absolute atomic E-state index is 0.588. The highest BCUT2D eigenvalue weighted by Crippen LogP contribution is 2.29. The molecule has 0 fully saturated rings. The normalized spacial score (nSPS) is 18.6. The first kappa shape index (κ1) is 10.4. The minimum atomic E-state index is 0.588. The number of rotatable bonds is 1. The van der Waals surface area contributed by atoms with Crippen LogP contribution in [-0.4, -0.2) is 15.8 Å². The van der Waals surface area contributed by atoms with Crippen LogP contribution in [0.5, 0.6) is 0 Å². The number of fused-ring (bicyclic) bond motifs is 1. The standard InChI is InChI=1S/C14H17N3/c1-10-3-4-11-9-12(5-6-13(11)16-10)14-7-8-15-17(14)2/h5-10,16H,3-4H2,1-2H3. The lowest BCUT2D eigenvalue weighted by molar-refractivity contribution is 0.681. The lowest BCUT2D eigenvalue weighted by Crippen LogP contribution is -2.21. The van der Waals surface area contributed by atoms with Crippen LogP contribution in [-0.2, 0) is 13.5 Å². The van der Waals surface area contributed by atoms with Crippen molar-refractivity contribution in [2.75, 3.05) is 5.32 Å².